The highest BCUT2D eigenvalue weighted by atomic mass is 16.6. The Morgan fingerprint density at radius 1 is 0.921 bits per heavy atom. The molecule has 1 saturated heterocycles. The van der Waals surface area contributed by atoms with Crippen molar-refractivity contribution in [3.05, 3.63) is 101 Å². The first-order chi connectivity index (χ1) is 18.4. The van der Waals surface area contributed by atoms with Crippen LogP contribution >= 0.6 is 0 Å². The summed E-state index contributed by atoms with van der Waals surface area (Å²) in [6, 6.07) is 24.1. The van der Waals surface area contributed by atoms with E-state index in [4.69, 9.17) is 9.47 Å². The number of carbonyl (C=O) groups excluding carboxylic acids is 1. The lowest BCUT2D eigenvalue weighted by molar-refractivity contribution is -0.139. The van der Waals surface area contributed by atoms with Crippen LogP contribution in [0, 0.1) is 6.92 Å². The predicted molar refractivity (Wildman–Crippen MR) is 159 cm³/mol. The van der Waals surface area contributed by atoms with Gasteiger partial charge in [0.15, 0.2) is 0 Å². The average Bonchev–Trinajstić information content (AvgIpc) is 3.76. The average molecular weight is 513 g/mol. The van der Waals surface area contributed by atoms with Crippen molar-refractivity contribution in [3.8, 4) is 11.1 Å². The summed E-state index contributed by atoms with van der Waals surface area (Å²) in [6.45, 7) is 13.8. The van der Waals surface area contributed by atoms with Gasteiger partial charge in [-0.2, -0.15) is 0 Å². The fraction of sp³-hybridized carbons (Fsp3) is 0.400. The second kappa shape index (κ2) is 13.1. The molecule has 0 spiro atoms. The second-order valence-corrected chi connectivity index (χ2v) is 9.93. The highest BCUT2D eigenvalue weighted by molar-refractivity contribution is 5.73. The predicted octanol–water partition coefficient (Wildman–Crippen LogP) is 8.70. The molecule has 0 aliphatic carbocycles. The molecule has 202 valence electrons. The lowest BCUT2D eigenvalue weighted by Gasteiger charge is -2.34. The summed E-state index contributed by atoms with van der Waals surface area (Å²) in [7, 11) is 1.42. The van der Waals surface area contributed by atoms with E-state index < -0.39 is 0 Å². The lowest BCUT2D eigenvalue weighted by Crippen LogP contribution is -2.26. The van der Waals surface area contributed by atoms with E-state index in [0.717, 1.165) is 37.0 Å². The third kappa shape index (κ3) is 6.45. The monoisotopic (exact) mass is 512 g/mol. The molecule has 1 unspecified atom stereocenters. The minimum atomic E-state index is -0.219. The quantitative estimate of drug-likeness (QED) is 0.201. The maximum atomic E-state index is 11.5. The van der Waals surface area contributed by atoms with Gasteiger partial charge in [-0.3, -0.25) is 4.79 Å². The molecule has 38 heavy (non-hydrogen) atoms. The van der Waals surface area contributed by atoms with Crippen LogP contribution in [0.2, 0.25) is 0 Å². The zero-order valence-electron chi connectivity index (χ0n) is 24.3. The smallest absolute Gasteiger partial charge is 0.309 e. The molecular weight excluding hydrogens is 468 g/mol. The van der Waals surface area contributed by atoms with Crippen LogP contribution in [-0.2, 0) is 26.1 Å². The van der Waals surface area contributed by atoms with Crippen LogP contribution in [-0.4, -0.2) is 25.3 Å². The number of epoxide rings is 1. The van der Waals surface area contributed by atoms with Crippen LogP contribution in [0.3, 0.4) is 0 Å². The fourth-order valence-corrected chi connectivity index (χ4v) is 5.18. The van der Waals surface area contributed by atoms with E-state index in [1.54, 1.807) is 0 Å². The molecule has 0 N–H and O–H groups in total. The minimum absolute atomic E-state index is 0.0276. The molecule has 1 atom stereocenters. The van der Waals surface area contributed by atoms with E-state index in [1.165, 1.54) is 34.9 Å². The number of rotatable bonds is 10. The Kier molecular flexibility index (Phi) is 10.1. The normalized spacial score (nSPS) is 16.6. The maximum Gasteiger partial charge on any atom is 0.309 e. The molecule has 4 rings (SSSR count). The van der Waals surface area contributed by atoms with Crippen molar-refractivity contribution in [1.82, 2.24) is 0 Å². The zero-order valence-corrected chi connectivity index (χ0v) is 24.3. The van der Waals surface area contributed by atoms with Gasteiger partial charge in [0.25, 0.3) is 0 Å². The summed E-state index contributed by atoms with van der Waals surface area (Å²) in [6.07, 6.45) is 7.83. The van der Waals surface area contributed by atoms with Gasteiger partial charge in [-0.05, 0) is 71.2 Å². The number of hydrogen-bond donors (Lipinski definition) is 0. The first-order valence-corrected chi connectivity index (χ1v) is 14.1. The Morgan fingerprint density at radius 3 is 1.95 bits per heavy atom. The van der Waals surface area contributed by atoms with Gasteiger partial charge in [-0.1, -0.05) is 107 Å². The molecule has 1 heterocycles. The Labute approximate surface area is 229 Å². The number of aryl methyl sites for hydroxylation is 1. The van der Waals surface area contributed by atoms with Crippen molar-refractivity contribution in [2.24, 2.45) is 0 Å². The Hall–Kier alpha value is -3.17. The standard InChI is InChI=1S/C33H38O3.C2H6/c1-6-32(23-36-32)20-19-26-13-18-30(21-24(26)4)33(7-2,8-3)29-16-14-28(15-17-29)27-11-9-25(10-12-27)22-31(34)35-5;1-2/h9-21H,6-8,22-23H2,1-5H3;1-2H3/b20-19+;. The van der Waals surface area contributed by atoms with E-state index in [2.05, 4.69) is 94.4 Å². The highest BCUT2D eigenvalue weighted by Gasteiger charge is 2.39. The van der Waals surface area contributed by atoms with Crippen molar-refractivity contribution < 1.29 is 14.3 Å². The molecule has 3 aromatic carbocycles. The van der Waals surface area contributed by atoms with Crippen LogP contribution in [0.15, 0.2) is 72.8 Å². The SMILES string of the molecule is CC.CCC1(/C=C/c2ccc(C(CC)(CC)c3ccc(-c4ccc(CC(=O)OC)cc4)cc3)cc2C)CO1. The van der Waals surface area contributed by atoms with Crippen LogP contribution in [0.5, 0.6) is 0 Å². The maximum absolute atomic E-state index is 11.5. The molecule has 1 aliphatic heterocycles. The fourth-order valence-electron chi connectivity index (χ4n) is 5.18. The Morgan fingerprint density at radius 2 is 1.47 bits per heavy atom. The molecule has 0 bridgehead atoms. The number of benzene rings is 3. The van der Waals surface area contributed by atoms with Gasteiger partial charge >= 0.3 is 5.97 Å². The van der Waals surface area contributed by atoms with E-state index in [9.17, 15) is 4.79 Å². The topological polar surface area (TPSA) is 38.8 Å². The van der Waals surface area contributed by atoms with Gasteiger partial charge in [-0.25, -0.2) is 0 Å². The summed E-state index contributed by atoms with van der Waals surface area (Å²) < 4.78 is 10.4. The van der Waals surface area contributed by atoms with Gasteiger partial charge in [0.2, 0.25) is 0 Å². The molecular formula is C35H44O3. The minimum Gasteiger partial charge on any atom is -0.469 e. The first-order valence-electron chi connectivity index (χ1n) is 14.1. The van der Waals surface area contributed by atoms with Crippen molar-refractivity contribution >= 4 is 12.0 Å². The molecule has 1 fully saturated rings. The molecule has 1 aliphatic rings. The van der Waals surface area contributed by atoms with Gasteiger partial charge in [0, 0.05) is 5.41 Å². The summed E-state index contributed by atoms with van der Waals surface area (Å²) >= 11 is 0. The van der Waals surface area contributed by atoms with Crippen LogP contribution < -0.4 is 0 Å². The molecule has 0 radical (unpaired) electrons. The molecule has 3 heteroatoms. The molecule has 0 aromatic heterocycles. The van der Waals surface area contributed by atoms with E-state index in [-0.39, 0.29) is 17.0 Å². The van der Waals surface area contributed by atoms with Gasteiger partial charge in [-0.15, -0.1) is 0 Å². The van der Waals surface area contributed by atoms with Gasteiger partial charge < -0.3 is 9.47 Å². The van der Waals surface area contributed by atoms with Crippen LogP contribution in [0.25, 0.3) is 17.2 Å². The third-order valence-corrected chi connectivity index (χ3v) is 8.01. The van der Waals surface area contributed by atoms with Crippen molar-refractivity contribution in [2.75, 3.05) is 13.7 Å². The molecule has 0 saturated carbocycles. The van der Waals surface area contributed by atoms with E-state index in [0.29, 0.717) is 6.42 Å². The lowest BCUT2D eigenvalue weighted by atomic mass is 9.70. The van der Waals surface area contributed by atoms with E-state index in [1.807, 2.05) is 26.0 Å². The van der Waals surface area contributed by atoms with Crippen molar-refractivity contribution in [3.63, 3.8) is 0 Å². The number of esters is 1. The summed E-state index contributed by atoms with van der Waals surface area (Å²) in [5.41, 5.74) is 8.48. The molecule has 3 aromatic rings. The van der Waals surface area contributed by atoms with Crippen molar-refractivity contribution in [2.45, 2.75) is 78.2 Å². The number of hydrogen-bond acceptors (Lipinski definition) is 3. The summed E-state index contributed by atoms with van der Waals surface area (Å²) in [5, 5.41) is 0. The zero-order chi connectivity index (χ0) is 27.8. The summed E-state index contributed by atoms with van der Waals surface area (Å²) in [4.78, 5) is 11.5. The number of carbonyl (C=O) groups is 1. The Bertz CT molecular complexity index is 1210. The molecule has 3 nitrogen and oxygen atoms in total. The second-order valence-electron chi connectivity index (χ2n) is 9.93. The van der Waals surface area contributed by atoms with Crippen LogP contribution in [0.1, 0.15) is 81.7 Å². The number of methoxy groups -OCH3 is 1. The first kappa shape index (κ1) is 29.4. The van der Waals surface area contributed by atoms with Crippen LogP contribution in [0.4, 0.5) is 0 Å². The number of ether oxygens (including phenoxy) is 2. The third-order valence-electron chi connectivity index (χ3n) is 8.01. The van der Waals surface area contributed by atoms with Crippen molar-refractivity contribution in [1.29, 1.82) is 0 Å². The van der Waals surface area contributed by atoms with Gasteiger partial charge in [0.1, 0.15) is 5.60 Å². The Balaban J connectivity index is 0.00000195. The largest absolute Gasteiger partial charge is 0.469 e. The highest BCUT2D eigenvalue weighted by Crippen LogP contribution is 2.40. The van der Waals surface area contributed by atoms with E-state index >= 15 is 0 Å². The van der Waals surface area contributed by atoms with Gasteiger partial charge in [0.05, 0.1) is 20.1 Å². The molecule has 0 amide bonds. The summed E-state index contributed by atoms with van der Waals surface area (Å²) in [5.74, 6) is -0.219.